The number of likely N-dealkylation sites (N-methyl/N-ethyl adjacent to an activating group) is 1. The van der Waals surface area contributed by atoms with Crippen LogP contribution in [0.15, 0.2) is 41.1 Å². The topological polar surface area (TPSA) is 84.6 Å². The molecule has 3 rings (SSSR count). The van der Waals surface area contributed by atoms with Crippen LogP contribution in [0.3, 0.4) is 0 Å². The van der Waals surface area contributed by atoms with E-state index in [0.29, 0.717) is 5.56 Å². The Kier molecular flexibility index (Phi) is 5.67. The number of carbonyl (C=O) groups is 2. The van der Waals surface area contributed by atoms with E-state index in [2.05, 4.69) is 22.5 Å². The van der Waals surface area contributed by atoms with E-state index < -0.39 is 5.91 Å². The number of aromatic nitrogens is 2. The van der Waals surface area contributed by atoms with E-state index in [1.165, 1.54) is 0 Å². The van der Waals surface area contributed by atoms with E-state index in [1.54, 1.807) is 35.3 Å². The van der Waals surface area contributed by atoms with Crippen LogP contribution in [0.5, 0.6) is 0 Å². The van der Waals surface area contributed by atoms with Gasteiger partial charge in [0.15, 0.2) is 0 Å². The Balaban J connectivity index is 1.48. The van der Waals surface area contributed by atoms with Gasteiger partial charge in [-0.15, -0.1) is 0 Å². The molecule has 0 atom stereocenters. The number of hydrogen-bond donors (Lipinski definition) is 0. The molecule has 0 N–H and O–H groups in total. The molecule has 1 fully saturated rings. The van der Waals surface area contributed by atoms with Crippen molar-refractivity contribution in [1.29, 1.82) is 0 Å². The van der Waals surface area contributed by atoms with Crippen molar-refractivity contribution in [1.82, 2.24) is 10.2 Å². The summed E-state index contributed by atoms with van der Waals surface area (Å²) < 4.78 is 5.08. The van der Waals surface area contributed by atoms with Crippen molar-refractivity contribution >= 4 is 28.7 Å². The fourth-order valence-corrected chi connectivity index (χ4v) is 2.97. The monoisotopic (exact) mass is 361 g/mol. The molecule has 1 aliphatic rings. The Morgan fingerprint density at radius 2 is 1.96 bits per heavy atom. The molecule has 2 heterocycles. The predicted octanol–water partition coefficient (Wildman–Crippen LogP) is 0.951. The molecule has 0 saturated carbocycles. The van der Waals surface area contributed by atoms with E-state index in [4.69, 9.17) is 4.52 Å². The maximum absolute atomic E-state index is 12.0. The average molecular weight is 361 g/mol. The van der Waals surface area contributed by atoms with E-state index in [0.717, 1.165) is 37.9 Å². The van der Waals surface area contributed by atoms with Gasteiger partial charge in [0.1, 0.15) is 5.88 Å². The van der Waals surface area contributed by atoms with Crippen LogP contribution >= 0.6 is 11.8 Å². The number of rotatable bonds is 5. The molecule has 1 amide bonds. The van der Waals surface area contributed by atoms with Crippen LogP contribution in [0.25, 0.3) is 5.32 Å². The zero-order valence-electron chi connectivity index (χ0n) is 13.9. The summed E-state index contributed by atoms with van der Waals surface area (Å²) in [6.45, 7) is 3.51. The minimum absolute atomic E-state index is 0.0388. The average Bonchev–Trinajstić information content (AvgIpc) is 3.09. The van der Waals surface area contributed by atoms with Crippen LogP contribution in [0.1, 0.15) is 10.4 Å². The second-order valence-corrected chi connectivity index (χ2v) is 6.61. The van der Waals surface area contributed by atoms with Crippen molar-refractivity contribution in [2.75, 3.05) is 44.0 Å². The van der Waals surface area contributed by atoms with Gasteiger partial charge in [-0.05, 0) is 7.05 Å². The normalized spacial score (nSPS) is 15.2. The van der Waals surface area contributed by atoms with E-state index in [9.17, 15) is 9.59 Å². The number of benzene rings is 1. The molecule has 132 valence electrons. The molecule has 2 aromatic rings. The van der Waals surface area contributed by atoms with E-state index >= 15 is 0 Å². The van der Waals surface area contributed by atoms with Gasteiger partial charge in [0.2, 0.25) is 10.4 Å². The molecule has 0 unspecified atom stereocenters. The first-order chi connectivity index (χ1) is 12.1. The van der Waals surface area contributed by atoms with Crippen LogP contribution in [-0.4, -0.2) is 60.2 Å². The van der Waals surface area contributed by atoms with Crippen molar-refractivity contribution in [2.45, 2.75) is 0 Å². The zero-order chi connectivity index (χ0) is 17.6. The fourth-order valence-electron chi connectivity index (χ4n) is 2.35. The highest BCUT2D eigenvalue weighted by molar-refractivity contribution is 8.14. The highest BCUT2D eigenvalue weighted by Crippen LogP contribution is 2.18. The highest BCUT2D eigenvalue weighted by Gasteiger charge is 2.22. The number of piperazine rings is 1. The van der Waals surface area contributed by atoms with Gasteiger partial charge in [-0.2, -0.15) is 5.01 Å². The molecular formula is C16H19N5O3S. The van der Waals surface area contributed by atoms with Crippen molar-refractivity contribution in [2.24, 2.45) is 0 Å². The highest BCUT2D eigenvalue weighted by atomic mass is 32.2. The van der Waals surface area contributed by atoms with Crippen LogP contribution in [0.2, 0.25) is 0 Å². The number of carbonyl (C=O) groups excluding carboxylic acids is 2. The van der Waals surface area contributed by atoms with Crippen molar-refractivity contribution < 1.29 is 18.9 Å². The van der Waals surface area contributed by atoms with Gasteiger partial charge in [-0.3, -0.25) is 4.79 Å². The lowest BCUT2D eigenvalue weighted by Gasteiger charge is -2.26. The van der Waals surface area contributed by atoms with Gasteiger partial charge in [-0.25, -0.2) is 0 Å². The predicted molar refractivity (Wildman–Crippen MR) is 93.4 cm³/mol. The molecular weight excluding hydrogens is 342 g/mol. The van der Waals surface area contributed by atoms with E-state index in [-0.39, 0.29) is 16.8 Å². The first kappa shape index (κ1) is 17.4. The molecule has 1 aromatic heterocycles. The lowest BCUT2D eigenvalue weighted by Crippen LogP contribution is -2.64. The Morgan fingerprint density at radius 3 is 2.68 bits per heavy atom. The largest absolute Gasteiger partial charge is 0.588 e. The second-order valence-electron chi connectivity index (χ2n) is 5.67. The van der Waals surface area contributed by atoms with Gasteiger partial charge in [0.05, 0.1) is 23.8 Å². The summed E-state index contributed by atoms with van der Waals surface area (Å²) in [5, 5.41) is 9.60. The third kappa shape index (κ3) is 4.80. The van der Waals surface area contributed by atoms with Crippen LogP contribution in [-0.2, 0) is 4.79 Å². The Labute approximate surface area is 149 Å². The quantitative estimate of drug-likeness (QED) is 0.733. The number of nitrogens with zero attached hydrogens (tertiary/aromatic N) is 5. The summed E-state index contributed by atoms with van der Waals surface area (Å²) >= 11 is 0.925. The fraction of sp³-hybridized carbons (Fsp3) is 0.375. The summed E-state index contributed by atoms with van der Waals surface area (Å²) in [6, 6.07) is 8.83. The maximum atomic E-state index is 12.0. The molecule has 9 heteroatoms. The first-order valence-electron chi connectivity index (χ1n) is 7.91. The van der Waals surface area contributed by atoms with Gasteiger partial charge in [0, 0.05) is 24.4 Å². The molecule has 0 aliphatic carbocycles. The first-order valence-corrected chi connectivity index (χ1v) is 8.89. The Hall–Kier alpha value is -2.39. The number of amides is 1. The summed E-state index contributed by atoms with van der Waals surface area (Å²) in [5.41, 5.74) is 0.563. The lowest BCUT2D eigenvalue weighted by molar-refractivity contribution is -0.759. The SMILES string of the molecule is CN1CCN([n+]2cc([N-]C(=O)CSC(=O)c3ccccc3)on2)CC1. The number of thioether (sulfide) groups is 1. The lowest BCUT2D eigenvalue weighted by atomic mass is 10.2. The van der Waals surface area contributed by atoms with Gasteiger partial charge >= 0.3 is 0 Å². The standard InChI is InChI=1S/C16H19N5O3S/c1-19-7-9-20(10-8-19)21-11-15(24-18-21)17-14(22)12-25-16(23)13-5-3-2-4-6-13/h2-6,11H,7-10,12H2,1H3. The molecule has 0 bridgehead atoms. The maximum Gasteiger partial charge on any atom is 0.257 e. The summed E-state index contributed by atoms with van der Waals surface area (Å²) in [5.74, 6) is -0.337. The summed E-state index contributed by atoms with van der Waals surface area (Å²) in [4.78, 5) is 27.7. The molecule has 25 heavy (non-hydrogen) atoms. The smallest absolute Gasteiger partial charge is 0.257 e. The van der Waals surface area contributed by atoms with Crippen LogP contribution in [0, 0.1) is 0 Å². The molecule has 1 saturated heterocycles. The minimum Gasteiger partial charge on any atom is -0.588 e. The van der Waals surface area contributed by atoms with Gasteiger partial charge in [-0.1, -0.05) is 42.1 Å². The molecule has 0 radical (unpaired) electrons. The van der Waals surface area contributed by atoms with Crippen LogP contribution < -0.4 is 9.80 Å². The minimum atomic E-state index is -0.434. The van der Waals surface area contributed by atoms with Crippen LogP contribution in [0.4, 0.5) is 5.88 Å². The van der Waals surface area contributed by atoms with Gasteiger partial charge < -0.3 is 19.5 Å². The summed E-state index contributed by atoms with van der Waals surface area (Å²) in [6.07, 6.45) is 1.58. The third-order valence-corrected chi connectivity index (χ3v) is 4.67. The van der Waals surface area contributed by atoms with Crippen molar-refractivity contribution in [3.05, 3.63) is 47.4 Å². The molecule has 1 aromatic carbocycles. The van der Waals surface area contributed by atoms with Crippen molar-refractivity contribution in [3.63, 3.8) is 0 Å². The van der Waals surface area contributed by atoms with Crippen molar-refractivity contribution in [3.8, 4) is 0 Å². The second kappa shape index (κ2) is 8.13. The molecule has 1 aliphatic heterocycles. The molecule has 8 nitrogen and oxygen atoms in total. The van der Waals surface area contributed by atoms with Gasteiger partial charge in [0.25, 0.3) is 6.20 Å². The molecule has 0 spiro atoms. The third-order valence-electron chi connectivity index (χ3n) is 3.78. The zero-order valence-corrected chi connectivity index (χ0v) is 14.7. The van der Waals surface area contributed by atoms with E-state index in [1.807, 2.05) is 11.1 Å². The number of hydrogen-bond acceptors (Lipinski definition) is 7. The summed E-state index contributed by atoms with van der Waals surface area (Å²) in [7, 11) is 2.07. The Morgan fingerprint density at radius 1 is 1.24 bits per heavy atom. The Bertz CT molecular complexity index is 728.